The number of halogens is 3. The van der Waals surface area contributed by atoms with Gasteiger partial charge in [-0.3, -0.25) is 4.74 Å². The van der Waals surface area contributed by atoms with E-state index in [-0.39, 0.29) is 5.41 Å². The van der Waals surface area contributed by atoms with Crippen molar-refractivity contribution >= 4 is 0 Å². The normalized spacial score (nSPS) is 46.2. The molecule has 4 saturated carbocycles. The monoisotopic (exact) mass is 248 g/mol. The number of hydrogen-bond donors (Lipinski definition) is 0. The highest BCUT2D eigenvalue weighted by atomic mass is 19.4. The minimum atomic E-state index is -4.48. The first kappa shape index (κ1) is 11.8. The minimum absolute atomic E-state index is 0.176. The Morgan fingerprint density at radius 1 is 1.00 bits per heavy atom. The van der Waals surface area contributed by atoms with E-state index in [0.717, 1.165) is 19.3 Å². The SMILES string of the molecule is CC(OC(F)(F)F)C12CC3CC(CC(C3)C1)C2. The first-order chi connectivity index (χ1) is 7.86. The van der Waals surface area contributed by atoms with Crippen LogP contribution in [0, 0.1) is 23.2 Å². The second kappa shape index (κ2) is 3.62. The lowest BCUT2D eigenvalue weighted by molar-refractivity contribution is -0.359. The van der Waals surface area contributed by atoms with Gasteiger partial charge in [-0.05, 0) is 68.6 Å². The van der Waals surface area contributed by atoms with Crippen LogP contribution in [-0.4, -0.2) is 12.5 Å². The van der Waals surface area contributed by atoms with Gasteiger partial charge in [0.25, 0.3) is 0 Å². The van der Waals surface area contributed by atoms with Gasteiger partial charge in [0, 0.05) is 0 Å². The Bertz CT molecular complexity index is 275. The molecule has 4 rings (SSSR count). The van der Waals surface area contributed by atoms with Gasteiger partial charge in [0.2, 0.25) is 0 Å². The van der Waals surface area contributed by atoms with Gasteiger partial charge in [0.1, 0.15) is 0 Å². The van der Waals surface area contributed by atoms with Crippen molar-refractivity contribution in [3.63, 3.8) is 0 Å². The van der Waals surface area contributed by atoms with Crippen LogP contribution in [0.5, 0.6) is 0 Å². The van der Waals surface area contributed by atoms with Crippen molar-refractivity contribution in [2.75, 3.05) is 0 Å². The van der Waals surface area contributed by atoms with E-state index in [1.54, 1.807) is 6.92 Å². The zero-order chi connectivity index (χ0) is 12.3. The molecule has 0 spiro atoms. The number of hydrogen-bond acceptors (Lipinski definition) is 1. The average Bonchev–Trinajstić information content (AvgIpc) is 2.12. The van der Waals surface area contributed by atoms with Gasteiger partial charge < -0.3 is 0 Å². The van der Waals surface area contributed by atoms with Crippen LogP contribution in [0.4, 0.5) is 13.2 Å². The summed E-state index contributed by atoms with van der Waals surface area (Å²) in [5, 5.41) is 0. The smallest absolute Gasteiger partial charge is 0.288 e. The van der Waals surface area contributed by atoms with Crippen molar-refractivity contribution in [1.29, 1.82) is 0 Å². The summed E-state index contributed by atoms with van der Waals surface area (Å²) in [6.45, 7) is 1.63. The predicted molar refractivity (Wildman–Crippen MR) is 57.2 cm³/mol. The van der Waals surface area contributed by atoms with Crippen molar-refractivity contribution in [2.45, 2.75) is 57.9 Å². The molecule has 4 fully saturated rings. The summed E-state index contributed by atoms with van der Waals surface area (Å²) in [6, 6.07) is 0. The third-order valence-electron chi connectivity index (χ3n) is 5.26. The Morgan fingerprint density at radius 2 is 1.41 bits per heavy atom. The molecule has 0 N–H and O–H groups in total. The molecule has 4 aliphatic rings. The van der Waals surface area contributed by atoms with E-state index < -0.39 is 12.5 Å². The van der Waals surface area contributed by atoms with E-state index in [4.69, 9.17) is 0 Å². The molecular formula is C13H19F3O. The van der Waals surface area contributed by atoms with Gasteiger partial charge in [-0.25, -0.2) is 0 Å². The van der Waals surface area contributed by atoms with Gasteiger partial charge in [-0.15, -0.1) is 13.2 Å². The summed E-state index contributed by atoms with van der Waals surface area (Å²) in [4.78, 5) is 0. The lowest BCUT2D eigenvalue weighted by Gasteiger charge is -2.58. The maximum absolute atomic E-state index is 12.4. The summed E-state index contributed by atoms with van der Waals surface area (Å²) < 4.78 is 41.4. The lowest BCUT2D eigenvalue weighted by atomic mass is 9.48. The van der Waals surface area contributed by atoms with Crippen LogP contribution >= 0.6 is 0 Å². The lowest BCUT2D eigenvalue weighted by Crippen LogP contribution is -2.52. The summed E-state index contributed by atoms with van der Waals surface area (Å²) in [6.07, 6.45) is 1.45. The Hall–Kier alpha value is -0.250. The molecule has 0 aromatic rings. The molecule has 1 unspecified atom stereocenters. The Labute approximate surface area is 99.7 Å². The molecule has 0 saturated heterocycles. The molecule has 0 aliphatic heterocycles. The molecule has 4 heteroatoms. The van der Waals surface area contributed by atoms with E-state index in [2.05, 4.69) is 4.74 Å². The fraction of sp³-hybridized carbons (Fsp3) is 1.00. The predicted octanol–water partition coefficient (Wildman–Crippen LogP) is 4.13. The van der Waals surface area contributed by atoms with Gasteiger partial charge in [-0.2, -0.15) is 0 Å². The number of ether oxygens (including phenoxy) is 1. The minimum Gasteiger partial charge on any atom is -0.288 e. The summed E-state index contributed by atoms with van der Waals surface area (Å²) in [5.74, 6) is 2.00. The molecule has 98 valence electrons. The molecule has 0 aromatic carbocycles. The van der Waals surface area contributed by atoms with E-state index in [0.29, 0.717) is 17.8 Å². The molecule has 4 aliphatic carbocycles. The zero-order valence-corrected chi connectivity index (χ0v) is 10.1. The van der Waals surface area contributed by atoms with Crippen molar-refractivity contribution in [3.05, 3.63) is 0 Å². The quantitative estimate of drug-likeness (QED) is 0.714. The van der Waals surface area contributed by atoms with Crippen LogP contribution in [0.3, 0.4) is 0 Å². The molecule has 0 radical (unpaired) electrons. The van der Waals surface area contributed by atoms with E-state index in [1.165, 1.54) is 19.3 Å². The maximum atomic E-state index is 12.4. The van der Waals surface area contributed by atoms with Gasteiger partial charge in [-0.1, -0.05) is 0 Å². The van der Waals surface area contributed by atoms with Crippen molar-refractivity contribution < 1.29 is 17.9 Å². The standard InChI is InChI=1S/C13H19F3O/c1-8(17-13(14,15)16)12-5-9-2-10(6-12)4-11(3-9)7-12/h8-11H,2-7H2,1H3. The Balaban J connectivity index is 1.77. The van der Waals surface area contributed by atoms with Gasteiger partial charge >= 0.3 is 6.36 Å². The first-order valence-electron chi connectivity index (χ1n) is 6.61. The second-order valence-corrected chi connectivity index (χ2v) is 6.49. The molecule has 0 heterocycles. The largest absolute Gasteiger partial charge is 0.522 e. The van der Waals surface area contributed by atoms with Crippen LogP contribution in [0.2, 0.25) is 0 Å². The summed E-state index contributed by atoms with van der Waals surface area (Å²) in [7, 11) is 0. The van der Waals surface area contributed by atoms with Crippen molar-refractivity contribution in [1.82, 2.24) is 0 Å². The highest BCUT2D eigenvalue weighted by Gasteiger charge is 2.55. The fourth-order valence-corrected chi connectivity index (χ4v) is 5.00. The number of rotatable bonds is 2. The molecule has 1 nitrogen and oxygen atoms in total. The van der Waals surface area contributed by atoms with Crippen LogP contribution in [-0.2, 0) is 4.74 Å². The molecule has 1 atom stereocenters. The van der Waals surface area contributed by atoms with Gasteiger partial charge in [0.05, 0.1) is 6.10 Å². The van der Waals surface area contributed by atoms with E-state index >= 15 is 0 Å². The van der Waals surface area contributed by atoms with Crippen LogP contribution in [0.15, 0.2) is 0 Å². The Kier molecular flexibility index (Phi) is 2.52. The molecule has 0 aromatic heterocycles. The van der Waals surface area contributed by atoms with Crippen LogP contribution < -0.4 is 0 Å². The Morgan fingerprint density at radius 3 is 1.76 bits per heavy atom. The number of alkyl halides is 3. The van der Waals surface area contributed by atoms with Crippen LogP contribution in [0.25, 0.3) is 0 Å². The second-order valence-electron chi connectivity index (χ2n) is 6.49. The molecular weight excluding hydrogens is 229 g/mol. The van der Waals surface area contributed by atoms with Gasteiger partial charge in [0.15, 0.2) is 0 Å². The van der Waals surface area contributed by atoms with Crippen molar-refractivity contribution in [2.24, 2.45) is 23.2 Å². The van der Waals surface area contributed by atoms with E-state index in [1.807, 2.05) is 0 Å². The third-order valence-corrected chi connectivity index (χ3v) is 5.26. The average molecular weight is 248 g/mol. The fourth-order valence-electron chi connectivity index (χ4n) is 5.00. The molecule has 4 bridgehead atoms. The first-order valence-corrected chi connectivity index (χ1v) is 6.61. The topological polar surface area (TPSA) is 9.23 Å². The van der Waals surface area contributed by atoms with Crippen LogP contribution in [0.1, 0.15) is 45.4 Å². The summed E-state index contributed by atoms with van der Waals surface area (Å²) in [5.41, 5.74) is -0.176. The zero-order valence-electron chi connectivity index (χ0n) is 10.1. The highest BCUT2D eigenvalue weighted by molar-refractivity contribution is 5.03. The maximum Gasteiger partial charge on any atom is 0.522 e. The molecule has 0 amide bonds. The van der Waals surface area contributed by atoms with E-state index in [9.17, 15) is 13.2 Å². The third kappa shape index (κ3) is 2.09. The molecule has 17 heavy (non-hydrogen) atoms. The highest BCUT2D eigenvalue weighted by Crippen LogP contribution is 2.62. The van der Waals surface area contributed by atoms with Crippen molar-refractivity contribution in [3.8, 4) is 0 Å². The summed E-state index contributed by atoms with van der Waals surface area (Å²) >= 11 is 0.